The molecule has 5 nitrogen and oxygen atoms in total. The molecule has 35 heavy (non-hydrogen) atoms. The molecule has 2 aliphatic rings. The minimum absolute atomic E-state index is 0.00669. The number of hydrogen-bond acceptors (Lipinski definition) is 5. The summed E-state index contributed by atoms with van der Waals surface area (Å²) in [6.07, 6.45) is 3.04. The van der Waals surface area contributed by atoms with E-state index in [2.05, 4.69) is 34.4 Å². The lowest BCUT2D eigenvalue weighted by Crippen LogP contribution is -2.44. The minimum atomic E-state index is -4.55. The highest BCUT2D eigenvalue weighted by Gasteiger charge is 2.45. The van der Waals surface area contributed by atoms with Crippen molar-refractivity contribution in [3.63, 3.8) is 0 Å². The van der Waals surface area contributed by atoms with Crippen molar-refractivity contribution in [1.29, 1.82) is 0 Å². The summed E-state index contributed by atoms with van der Waals surface area (Å²) in [6.45, 7) is 8.35. The number of fused-ring (bicyclic) bond motifs is 2. The van der Waals surface area contributed by atoms with Gasteiger partial charge in [0.1, 0.15) is 18.5 Å². The van der Waals surface area contributed by atoms with Gasteiger partial charge in [-0.15, -0.1) is 0 Å². The third-order valence-corrected chi connectivity index (χ3v) is 9.22. The Balaban J connectivity index is 1.56. The molecular weight excluding hydrogens is 472 g/mol. The largest absolute Gasteiger partial charge is 0.421 e. The van der Waals surface area contributed by atoms with Gasteiger partial charge in [0.2, 0.25) is 5.95 Å². The lowest BCUT2D eigenvalue weighted by atomic mass is 9.56. The van der Waals surface area contributed by atoms with E-state index in [-0.39, 0.29) is 17.2 Å². The van der Waals surface area contributed by atoms with Crippen LogP contribution in [0.2, 0.25) is 0 Å². The molecule has 2 N–H and O–H groups in total. The first kappa shape index (κ1) is 26.0. The fraction of sp³-hybridized carbons (Fsp3) is 0.615. The van der Waals surface area contributed by atoms with Crippen molar-refractivity contribution in [2.75, 3.05) is 30.5 Å². The Morgan fingerprint density at radius 1 is 1.11 bits per heavy atom. The molecule has 0 radical (unpaired) electrons. The van der Waals surface area contributed by atoms with Crippen LogP contribution >= 0.6 is 7.14 Å². The van der Waals surface area contributed by atoms with Crippen molar-refractivity contribution in [3.05, 3.63) is 36.0 Å². The van der Waals surface area contributed by atoms with E-state index < -0.39 is 18.9 Å². The van der Waals surface area contributed by atoms with Crippen molar-refractivity contribution in [1.82, 2.24) is 9.97 Å². The summed E-state index contributed by atoms with van der Waals surface area (Å²) in [6, 6.07) is 6.97. The molecule has 2 fully saturated rings. The second-order valence-electron chi connectivity index (χ2n) is 11.2. The molecule has 2 bridgehead atoms. The Morgan fingerprint density at radius 3 is 2.46 bits per heavy atom. The van der Waals surface area contributed by atoms with E-state index in [1.165, 1.54) is 12.8 Å². The van der Waals surface area contributed by atoms with Crippen LogP contribution in [0, 0.1) is 23.2 Å². The molecule has 9 heteroatoms. The number of nitrogens with zero attached hydrogens (tertiary/aromatic N) is 2. The first-order valence-electron chi connectivity index (χ1n) is 12.5. The van der Waals surface area contributed by atoms with Gasteiger partial charge in [0.15, 0.2) is 0 Å². The minimum Gasteiger partial charge on any atom is -0.369 e. The standard InChI is InChI=1S/C26H36F3N4OP/c1-5-18-11-19-10-17(2)12-25(13-18,14-19)16-31-23-22(26(27,28)29)15-30-24(33-23)32-20-6-8-21(9-7-20)35(3,4)34/h6-9,15,17-19H,5,10-14,16H2,1-4H3,(H2,30,31,32,33). The lowest BCUT2D eigenvalue weighted by Gasteiger charge is -2.50. The smallest absolute Gasteiger partial charge is 0.369 e. The van der Waals surface area contributed by atoms with Gasteiger partial charge < -0.3 is 15.2 Å². The zero-order valence-corrected chi connectivity index (χ0v) is 21.8. The van der Waals surface area contributed by atoms with Crippen molar-refractivity contribution < 1.29 is 17.7 Å². The number of nitrogens with one attached hydrogen (secondary N) is 2. The van der Waals surface area contributed by atoms with Gasteiger partial charge in [0.05, 0.1) is 0 Å². The molecule has 4 rings (SSSR count). The molecule has 1 aromatic heterocycles. The fourth-order valence-corrected chi connectivity index (χ4v) is 7.17. The maximum absolute atomic E-state index is 13.8. The van der Waals surface area contributed by atoms with Crippen LogP contribution in [0.5, 0.6) is 0 Å². The van der Waals surface area contributed by atoms with Crippen LogP contribution in [0.1, 0.15) is 57.9 Å². The summed E-state index contributed by atoms with van der Waals surface area (Å²) in [5.41, 5.74) is -0.225. The third kappa shape index (κ3) is 6.19. The van der Waals surface area contributed by atoms with Crippen LogP contribution in [0.3, 0.4) is 0 Å². The second-order valence-corrected chi connectivity index (χ2v) is 14.4. The molecular formula is C26H36F3N4OP. The Labute approximate surface area is 206 Å². The molecule has 0 aliphatic heterocycles. The van der Waals surface area contributed by atoms with Gasteiger partial charge >= 0.3 is 6.18 Å². The lowest BCUT2D eigenvalue weighted by molar-refractivity contribution is -0.137. The number of halogens is 3. The molecule has 0 amide bonds. The summed E-state index contributed by atoms with van der Waals surface area (Å²) in [5.74, 6) is 1.79. The Morgan fingerprint density at radius 2 is 1.83 bits per heavy atom. The number of anilines is 3. The predicted octanol–water partition coefficient (Wildman–Crippen LogP) is 7.14. The molecule has 192 valence electrons. The normalized spacial score (nSPS) is 26.9. The van der Waals surface area contributed by atoms with E-state index in [4.69, 9.17) is 0 Å². The second kappa shape index (κ2) is 9.76. The van der Waals surface area contributed by atoms with Crippen molar-refractivity contribution in [2.24, 2.45) is 23.2 Å². The summed E-state index contributed by atoms with van der Waals surface area (Å²) in [5, 5.41) is 6.83. The average molecular weight is 509 g/mol. The van der Waals surface area contributed by atoms with Gasteiger partial charge in [-0.05, 0) is 92.9 Å². The van der Waals surface area contributed by atoms with E-state index in [1.54, 1.807) is 37.6 Å². The predicted molar refractivity (Wildman–Crippen MR) is 136 cm³/mol. The fourth-order valence-electron chi connectivity index (χ4n) is 6.30. The molecule has 4 unspecified atom stereocenters. The van der Waals surface area contributed by atoms with Crippen molar-refractivity contribution in [3.8, 4) is 0 Å². The van der Waals surface area contributed by atoms with Gasteiger partial charge in [-0.2, -0.15) is 18.2 Å². The SMILES string of the molecule is CCC1CC2CC(C)CC(CNc3nc(Nc4ccc(P(C)(C)=O)cc4)ncc3C(F)(F)F)(C1)C2. The highest BCUT2D eigenvalue weighted by molar-refractivity contribution is 7.70. The number of aromatic nitrogens is 2. The third-order valence-electron chi connectivity index (χ3n) is 7.67. The number of rotatable bonds is 7. The highest BCUT2D eigenvalue weighted by Crippen LogP contribution is 2.53. The van der Waals surface area contributed by atoms with Crippen LogP contribution < -0.4 is 15.9 Å². The van der Waals surface area contributed by atoms with Crippen LogP contribution in [0.15, 0.2) is 30.5 Å². The summed E-state index contributed by atoms with van der Waals surface area (Å²) in [4.78, 5) is 8.17. The van der Waals surface area contributed by atoms with Gasteiger partial charge in [-0.1, -0.05) is 20.3 Å². The molecule has 4 atom stereocenters. The zero-order chi connectivity index (χ0) is 25.4. The van der Waals surface area contributed by atoms with Gasteiger partial charge in [-0.25, -0.2) is 4.98 Å². The van der Waals surface area contributed by atoms with E-state index in [0.717, 1.165) is 37.2 Å². The number of benzene rings is 1. The van der Waals surface area contributed by atoms with E-state index in [0.29, 0.717) is 30.0 Å². The summed E-state index contributed by atoms with van der Waals surface area (Å²) >= 11 is 0. The van der Waals surface area contributed by atoms with Crippen molar-refractivity contribution in [2.45, 2.75) is 58.5 Å². The molecule has 1 aromatic carbocycles. The van der Waals surface area contributed by atoms with Crippen molar-refractivity contribution >= 4 is 29.9 Å². The van der Waals surface area contributed by atoms with Crippen LogP contribution in [-0.4, -0.2) is 29.8 Å². The van der Waals surface area contributed by atoms with E-state index in [9.17, 15) is 17.7 Å². The van der Waals surface area contributed by atoms with Gasteiger partial charge in [-0.3, -0.25) is 0 Å². The Bertz CT molecular complexity index is 1080. The Hall–Kier alpha value is -2.08. The summed E-state index contributed by atoms with van der Waals surface area (Å²) in [7, 11) is -2.39. The van der Waals surface area contributed by atoms with Gasteiger partial charge in [0, 0.05) is 23.7 Å². The first-order valence-corrected chi connectivity index (χ1v) is 15.1. The number of alkyl halides is 3. The topological polar surface area (TPSA) is 66.9 Å². The molecule has 0 saturated heterocycles. The Kier molecular flexibility index (Phi) is 7.25. The summed E-state index contributed by atoms with van der Waals surface area (Å²) < 4.78 is 53.6. The molecule has 0 spiro atoms. The molecule has 1 heterocycles. The molecule has 2 aromatic rings. The maximum atomic E-state index is 13.8. The van der Waals surface area contributed by atoms with Gasteiger partial charge in [0.25, 0.3) is 0 Å². The van der Waals surface area contributed by atoms with Crippen LogP contribution in [-0.2, 0) is 10.7 Å². The monoisotopic (exact) mass is 508 g/mol. The van der Waals surface area contributed by atoms with E-state index >= 15 is 0 Å². The molecule has 2 aliphatic carbocycles. The highest BCUT2D eigenvalue weighted by atomic mass is 31.2. The first-order chi connectivity index (χ1) is 16.4. The van der Waals surface area contributed by atoms with Crippen LogP contribution in [0.4, 0.5) is 30.6 Å². The quantitative estimate of drug-likeness (QED) is 0.389. The zero-order valence-electron chi connectivity index (χ0n) is 21.0. The van der Waals surface area contributed by atoms with E-state index in [1.807, 2.05) is 0 Å². The average Bonchev–Trinajstić information content (AvgIpc) is 2.76. The van der Waals surface area contributed by atoms with Crippen LogP contribution in [0.25, 0.3) is 0 Å². The number of hydrogen-bond donors (Lipinski definition) is 2. The maximum Gasteiger partial charge on any atom is 0.421 e. The molecule has 2 saturated carbocycles.